The SMILES string of the molecule is C=CCn1ncc(NCC2(O)CCOCC2)c(Cl)c1=O. The molecule has 0 amide bonds. The number of allylic oxidation sites excluding steroid dienone is 1. The summed E-state index contributed by atoms with van der Waals surface area (Å²) >= 11 is 6.02. The number of hydrogen-bond donors (Lipinski definition) is 2. The van der Waals surface area contributed by atoms with Gasteiger partial charge in [-0.25, -0.2) is 4.68 Å². The molecule has 0 atom stereocenters. The van der Waals surface area contributed by atoms with E-state index in [1.165, 1.54) is 10.9 Å². The normalized spacial score (nSPS) is 17.7. The second-order valence-corrected chi connectivity index (χ2v) is 5.22. The van der Waals surface area contributed by atoms with Gasteiger partial charge >= 0.3 is 0 Å². The molecule has 1 aliphatic rings. The summed E-state index contributed by atoms with van der Waals surface area (Å²) in [4.78, 5) is 11.9. The van der Waals surface area contributed by atoms with Crippen LogP contribution in [-0.4, -0.2) is 40.2 Å². The third-order valence-corrected chi connectivity index (χ3v) is 3.68. The maximum Gasteiger partial charge on any atom is 0.287 e. The molecule has 1 aliphatic heterocycles. The molecule has 0 spiro atoms. The van der Waals surface area contributed by atoms with Gasteiger partial charge in [0.15, 0.2) is 0 Å². The number of halogens is 1. The summed E-state index contributed by atoms with van der Waals surface area (Å²) < 4.78 is 6.44. The first-order valence-corrected chi connectivity index (χ1v) is 6.84. The molecule has 20 heavy (non-hydrogen) atoms. The second kappa shape index (κ2) is 6.39. The van der Waals surface area contributed by atoms with Crippen molar-refractivity contribution in [2.75, 3.05) is 25.1 Å². The minimum absolute atomic E-state index is 0.0671. The predicted octanol–water partition coefficient (Wildman–Crippen LogP) is 1.04. The van der Waals surface area contributed by atoms with E-state index in [1.54, 1.807) is 6.08 Å². The Morgan fingerprint density at radius 1 is 1.60 bits per heavy atom. The molecule has 0 saturated carbocycles. The van der Waals surface area contributed by atoms with Gasteiger partial charge < -0.3 is 15.2 Å². The molecule has 2 heterocycles. The minimum atomic E-state index is -0.836. The number of aromatic nitrogens is 2. The third-order valence-electron chi connectivity index (χ3n) is 3.32. The zero-order valence-electron chi connectivity index (χ0n) is 11.1. The highest BCUT2D eigenvalue weighted by Gasteiger charge is 2.29. The molecule has 0 radical (unpaired) electrons. The molecule has 0 bridgehead atoms. The first-order chi connectivity index (χ1) is 9.56. The molecule has 110 valence electrons. The van der Waals surface area contributed by atoms with Crippen LogP contribution in [-0.2, 0) is 11.3 Å². The van der Waals surface area contributed by atoms with Gasteiger partial charge in [-0.15, -0.1) is 6.58 Å². The summed E-state index contributed by atoms with van der Waals surface area (Å²) in [7, 11) is 0. The lowest BCUT2D eigenvalue weighted by atomic mass is 9.94. The van der Waals surface area contributed by atoms with Crippen LogP contribution in [0.4, 0.5) is 5.69 Å². The fourth-order valence-electron chi connectivity index (χ4n) is 2.03. The Hall–Kier alpha value is -1.37. The molecule has 1 fully saturated rings. The van der Waals surface area contributed by atoms with Gasteiger partial charge in [0.2, 0.25) is 0 Å². The number of ether oxygens (including phenoxy) is 1. The van der Waals surface area contributed by atoms with E-state index in [-0.39, 0.29) is 10.6 Å². The van der Waals surface area contributed by atoms with Gasteiger partial charge in [0, 0.05) is 32.6 Å². The van der Waals surface area contributed by atoms with Crippen molar-refractivity contribution < 1.29 is 9.84 Å². The number of aliphatic hydroxyl groups is 1. The first-order valence-electron chi connectivity index (χ1n) is 6.46. The van der Waals surface area contributed by atoms with E-state index in [2.05, 4.69) is 17.0 Å². The van der Waals surface area contributed by atoms with E-state index < -0.39 is 5.60 Å². The molecular formula is C13H18ClN3O3. The van der Waals surface area contributed by atoms with Crippen LogP contribution in [0.1, 0.15) is 12.8 Å². The highest BCUT2D eigenvalue weighted by Crippen LogP contribution is 2.22. The Kier molecular flexibility index (Phi) is 4.80. The van der Waals surface area contributed by atoms with Crippen LogP contribution in [0.3, 0.4) is 0 Å². The summed E-state index contributed by atoms with van der Waals surface area (Å²) in [6, 6.07) is 0. The van der Waals surface area contributed by atoms with Crippen LogP contribution in [0.2, 0.25) is 5.02 Å². The van der Waals surface area contributed by atoms with Gasteiger partial charge in [-0.1, -0.05) is 17.7 Å². The molecule has 2 rings (SSSR count). The van der Waals surface area contributed by atoms with Crippen molar-refractivity contribution in [2.24, 2.45) is 0 Å². The Morgan fingerprint density at radius 3 is 2.95 bits per heavy atom. The number of nitrogens with zero attached hydrogens (tertiary/aromatic N) is 2. The van der Waals surface area contributed by atoms with Gasteiger partial charge in [0.1, 0.15) is 5.02 Å². The maximum atomic E-state index is 11.9. The largest absolute Gasteiger partial charge is 0.388 e. The molecule has 1 aromatic heterocycles. The molecule has 1 saturated heterocycles. The van der Waals surface area contributed by atoms with Crippen molar-refractivity contribution in [3.05, 3.63) is 34.2 Å². The first kappa shape index (κ1) is 15.0. The molecule has 6 nitrogen and oxygen atoms in total. The zero-order chi connectivity index (χ0) is 14.6. The summed E-state index contributed by atoms with van der Waals surface area (Å²) in [6.45, 7) is 5.23. The monoisotopic (exact) mass is 299 g/mol. The van der Waals surface area contributed by atoms with Gasteiger partial charge in [-0.2, -0.15) is 5.10 Å². The van der Waals surface area contributed by atoms with E-state index in [9.17, 15) is 9.90 Å². The highest BCUT2D eigenvalue weighted by atomic mass is 35.5. The van der Waals surface area contributed by atoms with E-state index in [4.69, 9.17) is 16.3 Å². The molecule has 2 N–H and O–H groups in total. The predicted molar refractivity (Wildman–Crippen MR) is 77.2 cm³/mol. The van der Waals surface area contributed by atoms with Gasteiger partial charge in [0.05, 0.1) is 24.0 Å². The fraction of sp³-hybridized carbons (Fsp3) is 0.538. The third kappa shape index (κ3) is 3.39. The molecule has 7 heteroatoms. The van der Waals surface area contributed by atoms with Gasteiger partial charge in [0.25, 0.3) is 5.56 Å². The molecule has 1 aromatic rings. The number of rotatable bonds is 5. The molecule has 0 aliphatic carbocycles. The Balaban J connectivity index is 2.08. The average molecular weight is 300 g/mol. The Labute approximate surface area is 122 Å². The lowest BCUT2D eigenvalue weighted by Crippen LogP contribution is -2.42. The second-order valence-electron chi connectivity index (χ2n) is 4.84. The summed E-state index contributed by atoms with van der Waals surface area (Å²) in [5.74, 6) is 0. The zero-order valence-corrected chi connectivity index (χ0v) is 11.9. The average Bonchev–Trinajstić information content (AvgIpc) is 2.44. The standard InChI is InChI=1S/C13H18ClN3O3/c1-2-5-17-12(18)11(14)10(8-16-17)15-9-13(19)3-6-20-7-4-13/h2,8,15,19H,1,3-7,9H2. The van der Waals surface area contributed by atoms with Crippen LogP contribution >= 0.6 is 11.6 Å². The van der Waals surface area contributed by atoms with Crippen LogP contribution in [0.25, 0.3) is 0 Å². The summed E-state index contributed by atoms with van der Waals surface area (Å²) in [5, 5.41) is 17.4. The molecule has 0 unspecified atom stereocenters. The van der Waals surface area contributed by atoms with E-state index >= 15 is 0 Å². The van der Waals surface area contributed by atoms with E-state index in [0.717, 1.165) is 0 Å². The topological polar surface area (TPSA) is 76.4 Å². The Morgan fingerprint density at radius 2 is 2.30 bits per heavy atom. The smallest absolute Gasteiger partial charge is 0.287 e. The van der Waals surface area contributed by atoms with E-state index in [0.29, 0.717) is 44.8 Å². The Bertz CT molecular complexity index is 538. The van der Waals surface area contributed by atoms with Gasteiger partial charge in [-0.05, 0) is 0 Å². The lowest BCUT2D eigenvalue weighted by Gasteiger charge is -2.32. The van der Waals surface area contributed by atoms with Crippen molar-refractivity contribution >= 4 is 17.3 Å². The van der Waals surface area contributed by atoms with Crippen LogP contribution in [0.15, 0.2) is 23.6 Å². The number of nitrogens with one attached hydrogen (secondary N) is 1. The van der Waals surface area contributed by atoms with Crippen molar-refractivity contribution in [1.82, 2.24) is 9.78 Å². The molecular weight excluding hydrogens is 282 g/mol. The van der Waals surface area contributed by atoms with Crippen LogP contribution in [0.5, 0.6) is 0 Å². The van der Waals surface area contributed by atoms with Crippen LogP contribution < -0.4 is 10.9 Å². The lowest BCUT2D eigenvalue weighted by molar-refractivity contribution is -0.0543. The molecule has 0 aromatic carbocycles. The highest BCUT2D eigenvalue weighted by molar-refractivity contribution is 6.32. The van der Waals surface area contributed by atoms with Crippen LogP contribution in [0, 0.1) is 0 Å². The fourth-order valence-corrected chi connectivity index (χ4v) is 2.24. The minimum Gasteiger partial charge on any atom is -0.388 e. The summed E-state index contributed by atoms with van der Waals surface area (Å²) in [5.41, 5.74) is -0.787. The van der Waals surface area contributed by atoms with Crippen molar-refractivity contribution in [2.45, 2.75) is 25.0 Å². The quantitative estimate of drug-likeness (QED) is 0.794. The summed E-state index contributed by atoms with van der Waals surface area (Å²) in [6.07, 6.45) is 4.16. The number of anilines is 1. The van der Waals surface area contributed by atoms with E-state index in [1.807, 2.05) is 0 Å². The van der Waals surface area contributed by atoms with Crippen molar-refractivity contribution in [3.8, 4) is 0 Å². The van der Waals surface area contributed by atoms with Gasteiger partial charge in [-0.3, -0.25) is 4.79 Å². The van der Waals surface area contributed by atoms with Crippen molar-refractivity contribution in [3.63, 3.8) is 0 Å². The number of hydrogen-bond acceptors (Lipinski definition) is 5. The maximum absolute atomic E-state index is 11.9. The van der Waals surface area contributed by atoms with Crippen molar-refractivity contribution in [1.29, 1.82) is 0 Å².